The summed E-state index contributed by atoms with van der Waals surface area (Å²) in [6.07, 6.45) is 1.07. The molecule has 0 saturated heterocycles. The van der Waals surface area contributed by atoms with Gasteiger partial charge in [-0.05, 0) is 24.6 Å². The summed E-state index contributed by atoms with van der Waals surface area (Å²) in [6.45, 7) is 1.55. The largest absolute Gasteiger partial charge is 0.497 e. The molecular formula is C18H22N2O4S. The lowest BCUT2D eigenvalue weighted by Gasteiger charge is -2.23. The van der Waals surface area contributed by atoms with Crippen LogP contribution in [0.3, 0.4) is 0 Å². The SMILES string of the molecule is COc1cccc(N(CC(=O)N[C@H](C)c2ccccc2)S(C)(=O)=O)c1. The Hall–Kier alpha value is -2.54. The number of nitrogens with one attached hydrogen (secondary N) is 1. The van der Waals surface area contributed by atoms with E-state index in [0.29, 0.717) is 11.4 Å². The van der Waals surface area contributed by atoms with Crippen molar-refractivity contribution < 1.29 is 17.9 Å². The number of carbonyl (C=O) groups excluding carboxylic acids is 1. The van der Waals surface area contributed by atoms with Gasteiger partial charge in [0, 0.05) is 6.07 Å². The maximum absolute atomic E-state index is 12.4. The van der Waals surface area contributed by atoms with Gasteiger partial charge < -0.3 is 10.1 Å². The predicted octanol–water partition coefficient (Wildman–Crippen LogP) is 2.34. The third-order valence-electron chi connectivity index (χ3n) is 3.71. The first kappa shape index (κ1) is 18.8. The Morgan fingerprint density at radius 2 is 1.84 bits per heavy atom. The third kappa shape index (κ3) is 5.22. The molecule has 1 atom stereocenters. The minimum atomic E-state index is -3.62. The maximum atomic E-state index is 12.4. The lowest BCUT2D eigenvalue weighted by molar-refractivity contribution is -0.120. The van der Waals surface area contributed by atoms with Crippen LogP contribution in [0.2, 0.25) is 0 Å². The zero-order valence-electron chi connectivity index (χ0n) is 14.5. The van der Waals surface area contributed by atoms with E-state index >= 15 is 0 Å². The van der Waals surface area contributed by atoms with Crippen LogP contribution in [-0.2, 0) is 14.8 Å². The molecule has 0 unspecified atom stereocenters. The molecule has 0 bridgehead atoms. The lowest BCUT2D eigenvalue weighted by atomic mass is 10.1. The number of anilines is 1. The number of benzene rings is 2. The number of nitrogens with zero attached hydrogens (tertiary/aromatic N) is 1. The monoisotopic (exact) mass is 362 g/mol. The van der Waals surface area contributed by atoms with Crippen molar-refractivity contribution in [1.82, 2.24) is 5.32 Å². The number of methoxy groups -OCH3 is 1. The van der Waals surface area contributed by atoms with Crippen molar-refractivity contribution in [3.05, 3.63) is 60.2 Å². The molecule has 0 radical (unpaired) electrons. The molecule has 0 aliphatic rings. The Labute approximate surface area is 148 Å². The van der Waals surface area contributed by atoms with Crippen LogP contribution < -0.4 is 14.4 Å². The number of hydrogen-bond donors (Lipinski definition) is 1. The van der Waals surface area contributed by atoms with E-state index in [1.54, 1.807) is 24.3 Å². The van der Waals surface area contributed by atoms with Gasteiger partial charge in [0.05, 0.1) is 25.1 Å². The van der Waals surface area contributed by atoms with Crippen molar-refractivity contribution in [1.29, 1.82) is 0 Å². The molecule has 0 heterocycles. The van der Waals surface area contributed by atoms with Gasteiger partial charge in [0.25, 0.3) is 0 Å². The quantitative estimate of drug-likeness (QED) is 0.820. The molecule has 1 N–H and O–H groups in total. The summed E-state index contributed by atoms with van der Waals surface area (Å²) in [6, 6.07) is 15.8. The zero-order valence-corrected chi connectivity index (χ0v) is 15.3. The van der Waals surface area contributed by atoms with Crippen LogP contribution in [0.25, 0.3) is 0 Å². The fraction of sp³-hybridized carbons (Fsp3) is 0.278. The van der Waals surface area contributed by atoms with Crippen LogP contribution in [0.5, 0.6) is 5.75 Å². The topological polar surface area (TPSA) is 75.7 Å². The van der Waals surface area contributed by atoms with E-state index in [9.17, 15) is 13.2 Å². The van der Waals surface area contributed by atoms with Crippen molar-refractivity contribution >= 4 is 21.6 Å². The van der Waals surface area contributed by atoms with Gasteiger partial charge in [-0.3, -0.25) is 9.10 Å². The molecule has 6 nitrogen and oxygen atoms in total. The van der Waals surface area contributed by atoms with Crippen LogP contribution in [0.1, 0.15) is 18.5 Å². The Morgan fingerprint density at radius 1 is 1.16 bits per heavy atom. The highest BCUT2D eigenvalue weighted by Crippen LogP contribution is 2.23. The molecule has 0 aliphatic heterocycles. The normalized spacial score (nSPS) is 12.3. The van der Waals surface area contributed by atoms with E-state index in [1.165, 1.54) is 7.11 Å². The van der Waals surface area contributed by atoms with Crippen LogP contribution >= 0.6 is 0 Å². The molecule has 134 valence electrons. The maximum Gasteiger partial charge on any atom is 0.241 e. The highest BCUT2D eigenvalue weighted by Gasteiger charge is 2.22. The average molecular weight is 362 g/mol. The van der Waals surface area contributed by atoms with Crippen molar-refractivity contribution in [2.75, 3.05) is 24.2 Å². The summed E-state index contributed by atoms with van der Waals surface area (Å²) >= 11 is 0. The molecular weight excluding hydrogens is 340 g/mol. The fourth-order valence-electron chi connectivity index (χ4n) is 2.41. The summed E-state index contributed by atoms with van der Waals surface area (Å²) in [4.78, 5) is 12.4. The molecule has 0 aromatic heterocycles. The summed E-state index contributed by atoms with van der Waals surface area (Å²) < 4.78 is 30.4. The van der Waals surface area contributed by atoms with E-state index in [4.69, 9.17) is 4.74 Å². The molecule has 2 rings (SSSR count). The highest BCUT2D eigenvalue weighted by molar-refractivity contribution is 7.92. The van der Waals surface area contributed by atoms with Gasteiger partial charge >= 0.3 is 0 Å². The van der Waals surface area contributed by atoms with E-state index < -0.39 is 10.0 Å². The smallest absolute Gasteiger partial charge is 0.241 e. The van der Waals surface area contributed by atoms with Crippen LogP contribution in [-0.4, -0.2) is 34.2 Å². The Bertz CT molecular complexity index is 822. The molecule has 2 aromatic rings. The molecule has 0 saturated carbocycles. The molecule has 0 spiro atoms. The van der Waals surface area contributed by atoms with E-state index in [2.05, 4.69) is 5.32 Å². The van der Waals surface area contributed by atoms with Gasteiger partial charge in [-0.25, -0.2) is 8.42 Å². The van der Waals surface area contributed by atoms with Gasteiger partial charge in [-0.1, -0.05) is 36.4 Å². The van der Waals surface area contributed by atoms with Crippen LogP contribution in [0, 0.1) is 0 Å². The summed E-state index contributed by atoms with van der Waals surface area (Å²) in [5, 5.41) is 2.82. The first-order valence-corrected chi connectivity index (χ1v) is 9.62. The van der Waals surface area contributed by atoms with Crippen molar-refractivity contribution in [3.8, 4) is 5.75 Å². The molecule has 1 amide bonds. The number of hydrogen-bond acceptors (Lipinski definition) is 4. The van der Waals surface area contributed by atoms with Crippen LogP contribution in [0.15, 0.2) is 54.6 Å². The molecule has 7 heteroatoms. The van der Waals surface area contributed by atoms with Crippen molar-refractivity contribution in [2.24, 2.45) is 0 Å². The standard InChI is InChI=1S/C18H22N2O4S/c1-14(15-8-5-4-6-9-15)19-18(21)13-20(25(3,22)23)16-10-7-11-17(12-16)24-2/h4-12,14H,13H2,1-3H3,(H,19,21)/t14-/m1/s1. The third-order valence-corrected chi connectivity index (χ3v) is 4.85. The van der Waals surface area contributed by atoms with Gasteiger partial charge in [0.2, 0.25) is 15.9 Å². The number of amides is 1. The molecule has 0 fully saturated rings. The minimum Gasteiger partial charge on any atom is -0.497 e. The average Bonchev–Trinajstić information content (AvgIpc) is 2.59. The second-order valence-corrected chi connectivity index (χ2v) is 7.58. The van der Waals surface area contributed by atoms with Gasteiger partial charge in [0.15, 0.2) is 0 Å². The first-order valence-electron chi connectivity index (χ1n) is 7.77. The Morgan fingerprint density at radius 3 is 2.44 bits per heavy atom. The molecule has 25 heavy (non-hydrogen) atoms. The van der Waals surface area contributed by atoms with Crippen molar-refractivity contribution in [2.45, 2.75) is 13.0 Å². The summed E-state index contributed by atoms with van der Waals surface area (Å²) in [5.41, 5.74) is 1.33. The van der Waals surface area contributed by atoms with E-state index in [1.807, 2.05) is 37.3 Å². The fourth-order valence-corrected chi connectivity index (χ4v) is 3.26. The number of ether oxygens (including phenoxy) is 1. The molecule has 0 aliphatic carbocycles. The van der Waals surface area contributed by atoms with Crippen molar-refractivity contribution in [3.63, 3.8) is 0 Å². The first-order chi connectivity index (χ1) is 11.8. The highest BCUT2D eigenvalue weighted by atomic mass is 32.2. The van der Waals surface area contributed by atoms with Crippen LogP contribution in [0.4, 0.5) is 5.69 Å². The second kappa shape index (κ2) is 8.02. The van der Waals surface area contributed by atoms with Gasteiger partial charge in [-0.15, -0.1) is 0 Å². The summed E-state index contributed by atoms with van der Waals surface area (Å²) in [5.74, 6) is 0.133. The van der Waals surface area contributed by atoms with E-state index in [-0.39, 0.29) is 18.5 Å². The van der Waals surface area contributed by atoms with E-state index in [0.717, 1.165) is 16.1 Å². The summed E-state index contributed by atoms with van der Waals surface area (Å²) in [7, 11) is -2.12. The zero-order chi connectivity index (χ0) is 18.4. The van der Waals surface area contributed by atoms with Gasteiger partial charge in [-0.2, -0.15) is 0 Å². The Kier molecular flexibility index (Phi) is 6.03. The molecule has 2 aromatic carbocycles. The number of carbonyl (C=O) groups is 1. The number of rotatable bonds is 7. The second-order valence-electron chi connectivity index (χ2n) is 5.67. The van der Waals surface area contributed by atoms with Gasteiger partial charge in [0.1, 0.15) is 12.3 Å². The number of sulfonamides is 1. The Balaban J connectivity index is 2.16. The minimum absolute atomic E-state index is 0.222. The predicted molar refractivity (Wildman–Crippen MR) is 98.2 cm³/mol. The lowest BCUT2D eigenvalue weighted by Crippen LogP contribution is -2.41.